The highest BCUT2D eigenvalue weighted by atomic mass is 35.5. The molecule has 3 nitrogen and oxygen atoms in total. The van der Waals surface area contributed by atoms with Gasteiger partial charge in [0.15, 0.2) is 0 Å². The van der Waals surface area contributed by atoms with Crippen LogP contribution < -0.4 is 10.6 Å². The van der Waals surface area contributed by atoms with E-state index in [1.54, 1.807) is 12.1 Å². The van der Waals surface area contributed by atoms with E-state index in [2.05, 4.69) is 10.6 Å². The molecule has 1 amide bonds. The van der Waals surface area contributed by atoms with E-state index in [-0.39, 0.29) is 36.2 Å². The van der Waals surface area contributed by atoms with Crippen molar-refractivity contribution in [1.29, 1.82) is 0 Å². The lowest BCUT2D eigenvalue weighted by molar-refractivity contribution is -0.122. The summed E-state index contributed by atoms with van der Waals surface area (Å²) in [6, 6.07) is 6.90. The fourth-order valence-electron chi connectivity index (χ4n) is 2.35. The van der Waals surface area contributed by atoms with Crippen molar-refractivity contribution in [3.05, 3.63) is 35.6 Å². The molecule has 2 N–H and O–H groups in total. The van der Waals surface area contributed by atoms with Crippen LogP contribution in [0.25, 0.3) is 0 Å². The van der Waals surface area contributed by atoms with Crippen molar-refractivity contribution in [2.24, 2.45) is 0 Å². The van der Waals surface area contributed by atoms with Crippen LogP contribution in [0.15, 0.2) is 24.3 Å². The Morgan fingerprint density at radius 1 is 1.52 bits per heavy atom. The minimum Gasteiger partial charge on any atom is -0.353 e. The highest BCUT2D eigenvalue weighted by molar-refractivity contribution is 7.99. The van der Waals surface area contributed by atoms with E-state index in [0.29, 0.717) is 18.4 Å². The number of benzene rings is 1. The number of nitrogens with one attached hydrogen (secondary N) is 2. The summed E-state index contributed by atoms with van der Waals surface area (Å²) in [4.78, 5) is 11.9. The molecule has 1 saturated heterocycles. The largest absolute Gasteiger partial charge is 0.353 e. The first-order chi connectivity index (χ1) is 9.65. The summed E-state index contributed by atoms with van der Waals surface area (Å²) in [7, 11) is 0. The van der Waals surface area contributed by atoms with Crippen LogP contribution in [0, 0.1) is 5.82 Å². The van der Waals surface area contributed by atoms with Crippen LogP contribution in [-0.2, 0) is 11.2 Å². The van der Waals surface area contributed by atoms with Crippen LogP contribution in [0.4, 0.5) is 4.39 Å². The van der Waals surface area contributed by atoms with Crippen molar-refractivity contribution in [2.45, 2.75) is 31.8 Å². The summed E-state index contributed by atoms with van der Waals surface area (Å²) < 4.78 is 13.5. The number of amides is 1. The average molecular weight is 333 g/mol. The first-order valence-corrected chi connectivity index (χ1v) is 8.14. The van der Waals surface area contributed by atoms with Crippen molar-refractivity contribution in [3.8, 4) is 0 Å². The van der Waals surface area contributed by atoms with Crippen molar-refractivity contribution in [1.82, 2.24) is 10.6 Å². The van der Waals surface area contributed by atoms with Crippen LogP contribution in [0.1, 0.15) is 18.9 Å². The van der Waals surface area contributed by atoms with E-state index in [1.807, 2.05) is 24.8 Å². The highest BCUT2D eigenvalue weighted by Crippen LogP contribution is 2.11. The zero-order valence-corrected chi connectivity index (χ0v) is 13.7. The second-order valence-electron chi connectivity index (χ2n) is 5.19. The Kier molecular flexibility index (Phi) is 8.07. The number of halogens is 2. The Labute approximate surface area is 135 Å². The topological polar surface area (TPSA) is 41.1 Å². The van der Waals surface area contributed by atoms with E-state index >= 15 is 0 Å². The predicted molar refractivity (Wildman–Crippen MR) is 88.7 cm³/mol. The van der Waals surface area contributed by atoms with Gasteiger partial charge in [-0.2, -0.15) is 11.8 Å². The van der Waals surface area contributed by atoms with Gasteiger partial charge in [-0.05, 0) is 25.0 Å². The zero-order valence-electron chi connectivity index (χ0n) is 12.1. The van der Waals surface area contributed by atoms with Crippen molar-refractivity contribution in [2.75, 3.05) is 18.1 Å². The number of carbonyl (C=O) groups is 1. The molecule has 2 unspecified atom stereocenters. The highest BCUT2D eigenvalue weighted by Gasteiger charge is 2.18. The molecule has 0 aromatic heterocycles. The maximum atomic E-state index is 13.5. The molecule has 0 bridgehead atoms. The fraction of sp³-hybridized carbons (Fsp3) is 0.533. The first-order valence-electron chi connectivity index (χ1n) is 6.99. The predicted octanol–water partition coefficient (Wildman–Crippen LogP) is 2.39. The SMILES string of the molecule is CC(Cc1ccccc1F)NC(=O)CC1CSCCN1.Cl. The normalized spacial score (nSPS) is 19.4. The lowest BCUT2D eigenvalue weighted by atomic mass is 10.1. The third kappa shape index (κ3) is 6.24. The molecule has 118 valence electrons. The average Bonchev–Trinajstić information content (AvgIpc) is 2.42. The molecule has 1 fully saturated rings. The summed E-state index contributed by atoms with van der Waals surface area (Å²) in [6.45, 7) is 2.88. The van der Waals surface area contributed by atoms with E-state index in [1.165, 1.54) is 6.07 Å². The van der Waals surface area contributed by atoms with E-state index in [4.69, 9.17) is 0 Å². The number of rotatable bonds is 5. The van der Waals surface area contributed by atoms with Gasteiger partial charge < -0.3 is 10.6 Å². The van der Waals surface area contributed by atoms with Crippen LogP contribution in [0.5, 0.6) is 0 Å². The maximum absolute atomic E-state index is 13.5. The minimum absolute atomic E-state index is 0. The quantitative estimate of drug-likeness (QED) is 0.870. The van der Waals surface area contributed by atoms with Gasteiger partial charge in [-0.3, -0.25) is 4.79 Å². The monoisotopic (exact) mass is 332 g/mol. The van der Waals surface area contributed by atoms with Crippen LogP contribution >= 0.6 is 24.2 Å². The Hall–Kier alpha value is -0.780. The molecule has 1 aromatic carbocycles. The van der Waals surface area contributed by atoms with Gasteiger partial charge in [0.05, 0.1) is 0 Å². The van der Waals surface area contributed by atoms with Gasteiger partial charge in [0.2, 0.25) is 5.91 Å². The van der Waals surface area contributed by atoms with Gasteiger partial charge in [-0.25, -0.2) is 4.39 Å². The Balaban J connectivity index is 0.00000220. The molecule has 1 aliphatic rings. The molecule has 1 heterocycles. The Morgan fingerprint density at radius 2 is 2.29 bits per heavy atom. The zero-order chi connectivity index (χ0) is 14.4. The molecular weight excluding hydrogens is 311 g/mol. The fourth-order valence-corrected chi connectivity index (χ4v) is 3.30. The smallest absolute Gasteiger partial charge is 0.221 e. The number of hydrogen-bond donors (Lipinski definition) is 2. The molecule has 0 spiro atoms. The van der Waals surface area contributed by atoms with Gasteiger partial charge in [-0.15, -0.1) is 12.4 Å². The second kappa shape index (κ2) is 9.28. The third-order valence-electron chi connectivity index (χ3n) is 3.32. The summed E-state index contributed by atoms with van der Waals surface area (Å²) >= 11 is 1.88. The standard InChI is InChI=1S/C15H21FN2OS.ClH/c1-11(8-12-4-2-3-5-14(12)16)18-15(19)9-13-10-20-7-6-17-13;/h2-5,11,13,17H,6-10H2,1H3,(H,18,19);1H. The van der Waals surface area contributed by atoms with Gasteiger partial charge in [0, 0.05) is 36.6 Å². The van der Waals surface area contributed by atoms with E-state index in [0.717, 1.165) is 18.1 Å². The molecule has 1 aromatic rings. The first kappa shape index (κ1) is 18.3. The molecule has 2 rings (SSSR count). The molecular formula is C15H22ClFN2OS. The summed E-state index contributed by atoms with van der Waals surface area (Å²) in [5, 5.41) is 6.29. The van der Waals surface area contributed by atoms with Gasteiger partial charge >= 0.3 is 0 Å². The van der Waals surface area contributed by atoms with Gasteiger partial charge in [-0.1, -0.05) is 18.2 Å². The molecule has 0 aliphatic carbocycles. The maximum Gasteiger partial charge on any atom is 0.221 e. The Morgan fingerprint density at radius 3 is 2.95 bits per heavy atom. The minimum atomic E-state index is -0.209. The molecule has 0 radical (unpaired) electrons. The third-order valence-corrected chi connectivity index (χ3v) is 4.45. The summed E-state index contributed by atoms with van der Waals surface area (Å²) in [6.07, 6.45) is 1.01. The van der Waals surface area contributed by atoms with Crippen molar-refractivity contribution < 1.29 is 9.18 Å². The van der Waals surface area contributed by atoms with Gasteiger partial charge in [0.25, 0.3) is 0 Å². The number of carbonyl (C=O) groups excluding carboxylic acids is 1. The van der Waals surface area contributed by atoms with Gasteiger partial charge in [0.1, 0.15) is 5.82 Å². The molecule has 6 heteroatoms. The Bertz CT molecular complexity index is 455. The van der Waals surface area contributed by atoms with E-state index in [9.17, 15) is 9.18 Å². The lowest BCUT2D eigenvalue weighted by Gasteiger charge is -2.23. The number of hydrogen-bond acceptors (Lipinski definition) is 3. The van der Waals surface area contributed by atoms with Crippen molar-refractivity contribution >= 4 is 30.1 Å². The lowest BCUT2D eigenvalue weighted by Crippen LogP contribution is -2.43. The van der Waals surface area contributed by atoms with Crippen LogP contribution in [-0.4, -0.2) is 36.0 Å². The van der Waals surface area contributed by atoms with Crippen LogP contribution in [0.3, 0.4) is 0 Å². The summed E-state index contributed by atoms with van der Waals surface area (Å²) in [5.74, 6) is 1.92. The number of thioether (sulfide) groups is 1. The molecule has 0 saturated carbocycles. The summed E-state index contributed by atoms with van der Waals surface area (Å²) in [5.41, 5.74) is 0.645. The van der Waals surface area contributed by atoms with Crippen molar-refractivity contribution in [3.63, 3.8) is 0 Å². The second-order valence-corrected chi connectivity index (χ2v) is 6.34. The van der Waals surface area contributed by atoms with E-state index < -0.39 is 0 Å². The molecule has 21 heavy (non-hydrogen) atoms. The molecule has 2 atom stereocenters. The van der Waals surface area contributed by atoms with Crippen LogP contribution in [0.2, 0.25) is 0 Å². The molecule has 1 aliphatic heterocycles.